The van der Waals surface area contributed by atoms with E-state index in [0.29, 0.717) is 12.5 Å². The molecule has 5 heteroatoms. The monoisotopic (exact) mass is 358 g/mol. The molecule has 0 aromatic heterocycles. The Morgan fingerprint density at radius 1 is 1.19 bits per heavy atom. The highest BCUT2D eigenvalue weighted by Crippen LogP contribution is 2.27. The number of carbonyl (C=O) groups is 1. The first-order chi connectivity index (χ1) is 12.7. The lowest BCUT2D eigenvalue weighted by Gasteiger charge is -2.24. The Balaban J connectivity index is 1.92. The van der Waals surface area contributed by atoms with Gasteiger partial charge in [0.05, 0.1) is 6.54 Å². The number of rotatable bonds is 9. The Morgan fingerprint density at radius 3 is 2.58 bits per heavy atom. The summed E-state index contributed by atoms with van der Waals surface area (Å²) in [6.45, 7) is 8.89. The van der Waals surface area contributed by atoms with Gasteiger partial charge in [0.15, 0.2) is 5.96 Å². The van der Waals surface area contributed by atoms with Crippen LogP contribution in [-0.4, -0.2) is 25.0 Å². The van der Waals surface area contributed by atoms with Gasteiger partial charge in [0.25, 0.3) is 0 Å². The topological polar surface area (TPSA) is 65.5 Å². The van der Waals surface area contributed by atoms with Crippen molar-refractivity contribution in [2.75, 3.05) is 18.4 Å². The normalized spacial score (nSPS) is 14.8. The van der Waals surface area contributed by atoms with Crippen LogP contribution in [-0.2, 0) is 11.3 Å². The molecule has 0 bridgehead atoms. The summed E-state index contributed by atoms with van der Waals surface area (Å²) in [5.41, 5.74) is 1.96. The number of nitrogens with zero attached hydrogens (tertiary/aromatic N) is 1. The molecule has 1 amide bonds. The molecule has 0 aliphatic heterocycles. The highest BCUT2D eigenvalue weighted by molar-refractivity contribution is 5.93. The lowest BCUT2D eigenvalue weighted by atomic mass is 9.85. The third kappa shape index (κ3) is 6.36. The Bertz CT molecular complexity index is 591. The Kier molecular flexibility index (Phi) is 8.45. The highest BCUT2D eigenvalue weighted by Gasteiger charge is 2.25. The van der Waals surface area contributed by atoms with E-state index < -0.39 is 0 Å². The van der Waals surface area contributed by atoms with Crippen molar-refractivity contribution in [2.24, 2.45) is 16.8 Å². The standard InChI is InChI=1S/C21H34N4O/c1-4-16(5-2)14-23-21(22-6-3)24-15-17-9-7-12-19(13-17)25-20(26)18-10-8-11-18/h7,9,12-13,16,18H,4-6,8,10-11,14-15H2,1-3H3,(H,25,26)(H2,22,23,24). The van der Waals surface area contributed by atoms with Crippen LogP contribution >= 0.6 is 0 Å². The van der Waals surface area contributed by atoms with Crippen LogP contribution in [0, 0.1) is 11.8 Å². The summed E-state index contributed by atoms with van der Waals surface area (Å²) in [5.74, 6) is 1.87. The number of hydrogen-bond acceptors (Lipinski definition) is 2. The summed E-state index contributed by atoms with van der Waals surface area (Å²) in [6.07, 6.45) is 5.55. The number of anilines is 1. The smallest absolute Gasteiger partial charge is 0.227 e. The zero-order valence-electron chi connectivity index (χ0n) is 16.5. The van der Waals surface area contributed by atoms with Gasteiger partial charge in [-0.15, -0.1) is 0 Å². The molecule has 0 spiro atoms. The molecule has 5 nitrogen and oxygen atoms in total. The maximum atomic E-state index is 12.1. The number of guanidine groups is 1. The molecule has 26 heavy (non-hydrogen) atoms. The van der Waals surface area contributed by atoms with Gasteiger partial charge in [-0.3, -0.25) is 4.79 Å². The molecule has 0 heterocycles. The molecule has 2 rings (SSSR count). The highest BCUT2D eigenvalue weighted by atomic mass is 16.1. The van der Waals surface area contributed by atoms with E-state index in [9.17, 15) is 4.79 Å². The van der Waals surface area contributed by atoms with E-state index in [-0.39, 0.29) is 11.8 Å². The van der Waals surface area contributed by atoms with E-state index in [2.05, 4.69) is 41.7 Å². The van der Waals surface area contributed by atoms with Gasteiger partial charge in [-0.25, -0.2) is 4.99 Å². The minimum absolute atomic E-state index is 0.150. The van der Waals surface area contributed by atoms with E-state index in [1.54, 1.807) is 0 Å². The first-order valence-corrected chi connectivity index (χ1v) is 10.1. The molecule has 1 saturated carbocycles. The average Bonchev–Trinajstić information content (AvgIpc) is 2.59. The van der Waals surface area contributed by atoms with Crippen LogP contribution < -0.4 is 16.0 Å². The van der Waals surface area contributed by atoms with E-state index in [0.717, 1.165) is 43.1 Å². The maximum absolute atomic E-state index is 12.1. The van der Waals surface area contributed by atoms with Crippen molar-refractivity contribution in [2.45, 2.75) is 59.4 Å². The molecular weight excluding hydrogens is 324 g/mol. The van der Waals surface area contributed by atoms with Crippen LogP contribution in [0.25, 0.3) is 0 Å². The molecule has 1 aromatic rings. The molecule has 3 N–H and O–H groups in total. The summed E-state index contributed by atoms with van der Waals surface area (Å²) < 4.78 is 0. The van der Waals surface area contributed by atoms with Gasteiger partial charge in [-0.2, -0.15) is 0 Å². The first kappa shape index (κ1) is 20.3. The second-order valence-electron chi connectivity index (χ2n) is 7.08. The van der Waals surface area contributed by atoms with Crippen LogP contribution in [0.5, 0.6) is 0 Å². The van der Waals surface area contributed by atoms with Crippen molar-refractivity contribution >= 4 is 17.6 Å². The number of carbonyl (C=O) groups excluding carboxylic acids is 1. The van der Waals surface area contributed by atoms with Crippen LogP contribution in [0.2, 0.25) is 0 Å². The van der Waals surface area contributed by atoms with Crippen molar-refractivity contribution in [3.63, 3.8) is 0 Å². The number of benzene rings is 1. The summed E-state index contributed by atoms with van der Waals surface area (Å²) in [6, 6.07) is 7.99. The van der Waals surface area contributed by atoms with Gasteiger partial charge in [0, 0.05) is 24.7 Å². The second kappa shape index (κ2) is 10.8. The van der Waals surface area contributed by atoms with Crippen molar-refractivity contribution < 1.29 is 4.79 Å². The lowest BCUT2D eigenvalue weighted by Crippen LogP contribution is -2.39. The predicted molar refractivity (Wildman–Crippen MR) is 109 cm³/mol. The van der Waals surface area contributed by atoms with Gasteiger partial charge >= 0.3 is 0 Å². The predicted octanol–water partition coefficient (Wildman–Crippen LogP) is 3.92. The Hall–Kier alpha value is -2.04. The zero-order valence-corrected chi connectivity index (χ0v) is 16.5. The van der Waals surface area contributed by atoms with E-state index >= 15 is 0 Å². The largest absolute Gasteiger partial charge is 0.357 e. The molecule has 144 valence electrons. The molecular formula is C21H34N4O. The van der Waals surface area contributed by atoms with Crippen LogP contribution in [0.1, 0.15) is 58.4 Å². The average molecular weight is 359 g/mol. The fourth-order valence-corrected chi connectivity index (χ4v) is 2.99. The summed E-state index contributed by atoms with van der Waals surface area (Å²) in [7, 11) is 0. The van der Waals surface area contributed by atoms with Gasteiger partial charge in [-0.05, 0) is 43.4 Å². The molecule has 0 unspecified atom stereocenters. The van der Waals surface area contributed by atoms with Crippen molar-refractivity contribution in [1.29, 1.82) is 0 Å². The first-order valence-electron chi connectivity index (χ1n) is 10.1. The minimum Gasteiger partial charge on any atom is -0.357 e. The van der Waals surface area contributed by atoms with Gasteiger partial charge in [0.1, 0.15) is 0 Å². The SMILES string of the molecule is CCNC(=NCc1cccc(NC(=O)C2CCC2)c1)NCC(CC)CC. The number of aliphatic imine (C=N–C) groups is 1. The molecule has 0 radical (unpaired) electrons. The second-order valence-corrected chi connectivity index (χ2v) is 7.08. The summed E-state index contributed by atoms with van der Waals surface area (Å²) in [4.78, 5) is 16.8. The fourth-order valence-electron chi connectivity index (χ4n) is 2.99. The van der Waals surface area contributed by atoms with E-state index in [1.165, 1.54) is 19.3 Å². The number of hydrogen-bond donors (Lipinski definition) is 3. The van der Waals surface area contributed by atoms with Gasteiger partial charge in [-0.1, -0.05) is 45.2 Å². The Labute approximate surface area is 158 Å². The maximum Gasteiger partial charge on any atom is 0.227 e. The van der Waals surface area contributed by atoms with Crippen molar-refractivity contribution in [3.8, 4) is 0 Å². The van der Waals surface area contributed by atoms with Crippen LogP contribution in [0.15, 0.2) is 29.3 Å². The molecule has 1 aromatic carbocycles. The Morgan fingerprint density at radius 2 is 1.96 bits per heavy atom. The summed E-state index contributed by atoms with van der Waals surface area (Å²) >= 11 is 0. The molecule has 1 fully saturated rings. The molecule has 1 aliphatic carbocycles. The zero-order chi connectivity index (χ0) is 18.8. The van der Waals surface area contributed by atoms with Crippen LogP contribution in [0.3, 0.4) is 0 Å². The van der Waals surface area contributed by atoms with Gasteiger partial charge < -0.3 is 16.0 Å². The molecule has 0 saturated heterocycles. The van der Waals surface area contributed by atoms with E-state index in [1.807, 2.05) is 24.3 Å². The van der Waals surface area contributed by atoms with Crippen molar-refractivity contribution in [3.05, 3.63) is 29.8 Å². The minimum atomic E-state index is 0.150. The number of nitrogens with one attached hydrogen (secondary N) is 3. The quantitative estimate of drug-likeness (QED) is 0.463. The van der Waals surface area contributed by atoms with Crippen LogP contribution in [0.4, 0.5) is 5.69 Å². The molecule has 1 aliphatic rings. The lowest BCUT2D eigenvalue weighted by molar-refractivity contribution is -0.122. The third-order valence-electron chi connectivity index (χ3n) is 5.15. The van der Waals surface area contributed by atoms with Crippen molar-refractivity contribution in [1.82, 2.24) is 10.6 Å². The molecule has 0 atom stereocenters. The third-order valence-corrected chi connectivity index (χ3v) is 5.15. The fraction of sp³-hybridized carbons (Fsp3) is 0.619. The summed E-state index contributed by atoms with van der Waals surface area (Å²) in [5, 5.41) is 9.78. The van der Waals surface area contributed by atoms with E-state index in [4.69, 9.17) is 0 Å². The number of amides is 1. The van der Waals surface area contributed by atoms with Gasteiger partial charge in [0.2, 0.25) is 5.91 Å².